The number of hydrogen-bond acceptors (Lipinski definition) is 6. The van der Waals surface area contributed by atoms with E-state index in [-0.39, 0.29) is 60.1 Å². The number of rotatable bonds is 4. The number of nitrogen functional groups attached to an aromatic ring is 1. The molecule has 192 valence electrons. The Labute approximate surface area is 205 Å². The van der Waals surface area contributed by atoms with E-state index in [2.05, 4.69) is 10.1 Å². The second-order valence-electron chi connectivity index (χ2n) is 8.99. The monoisotopic (exact) mass is 528 g/mol. The van der Waals surface area contributed by atoms with Crippen LogP contribution in [0.2, 0.25) is 0 Å². The van der Waals surface area contributed by atoms with Crippen molar-refractivity contribution in [1.29, 1.82) is 0 Å². The number of fused-ring (bicyclic) bond motifs is 1. The summed E-state index contributed by atoms with van der Waals surface area (Å²) in [4.78, 5) is 32.3. The summed E-state index contributed by atoms with van der Waals surface area (Å²) in [7, 11) is 0. The molecule has 0 radical (unpaired) electrons. The van der Waals surface area contributed by atoms with E-state index < -0.39 is 42.2 Å². The number of nitrogens with zero attached hydrogens (tertiary/aromatic N) is 5. The normalized spacial score (nSPS) is 18.8. The Hall–Kier alpha value is -3.29. The summed E-state index contributed by atoms with van der Waals surface area (Å²) in [6.07, 6.45) is -4.55. The van der Waals surface area contributed by atoms with Crippen molar-refractivity contribution in [3.05, 3.63) is 40.0 Å². The number of aryl methyl sites for hydroxylation is 1. The standard InChI is InChI=1S/C22H21F5N6O2S/c1-10-19(36-21(28)29-10)20(35)31-7-11(8-31)18-17-13(24)5-12(23)6-14(17)33(30-18)9-16(34)32-4-2-3-15(32)22(25,26)27/h5-6,11,15H,2-4,7-9H2,1H3,(H2,28,29)/t15-/m0/s1. The summed E-state index contributed by atoms with van der Waals surface area (Å²) >= 11 is 1.06. The SMILES string of the molecule is Cc1nc(N)sc1C(=O)N1CC(c2nn(CC(=O)N3CCC[C@H]3C(F)(F)F)c3cc(F)cc(F)c23)C1. The average molecular weight is 529 g/mol. The van der Waals surface area contributed by atoms with Gasteiger partial charge in [0.1, 0.15) is 29.1 Å². The van der Waals surface area contributed by atoms with Crippen LogP contribution in [0.4, 0.5) is 27.1 Å². The molecule has 2 N–H and O–H groups in total. The topological polar surface area (TPSA) is 97.3 Å². The molecule has 1 aromatic carbocycles. The van der Waals surface area contributed by atoms with Crippen LogP contribution in [-0.2, 0) is 11.3 Å². The number of thiazole rings is 1. The molecule has 2 aliphatic heterocycles. The molecule has 3 aromatic rings. The second kappa shape index (κ2) is 8.68. The molecule has 0 bridgehead atoms. The smallest absolute Gasteiger partial charge is 0.375 e. The number of benzene rings is 1. The molecule has 5 rings (SSSR count). The van der Waals surface area contributed by atoms with E-state index in [1.54, 1.807) is 6.92 Å². The number of carbonyl (C=O) groups is 2. The first-order valence-electron chi connectivity index (χ1n) is 11.2. The number of hydrogen-bond donors (Lipinski definition) is 1. The first-order valence-corrected chi connectivity index (χ1v) is 12.0. The molecule has 4 heterocycles. The minimum absolute atomic E-state index is 0.0201. The van der Waals surface area contributed by atoms with Crippen molar-refractivity contribution in [1.82, 2.24) is 24.6 Å². The molecule has 36 heavy (non-hydrogen) atoms. The Bertz CT molecular complexity index is 1360. The van der Waals surface area contributed by atoms with Crippen molar-refractivity contribution in [3.8, 4) is 0 Å². The zero-order chi connectivity index (χ0) is 25.9. The van der Waals surface area contributed by atoms with Gasteiger partial charge in [-0.15, -0.1) is 0 Å². The summed E-state index contributed by atoms with van der Waals surface area (Å²) < 4.78 is 69.9. The van der Waals surface area contributed by atoms with Crippen LogP contribution in [0.25, 0.3) is 10.9 Å². The van der Waals surface area contributed by atoms with Crippen LogP contribution in [0.15, 0.2) is 12.1 Å². The van der Waals surface area contributed by atoms with Crippen LogP contribution in [0.1, 0.15) is 39.8 Å². The molecule has 2 aromatic heterocycles. The first-order chi connectivity index (χ1) is 16.9. The summed E-state index contributed by atoms with van der Waals surface area (Å²) in [5, 5.41) is 4.55. The van der Waals surface area contributed by atoms with E-state index in [0.717, 1.165) is 27.0 Å². The highest BCUT2D eigenvalue weighted by Gasteiger charge is 2.47. The van der Waals surface area contributed by atoms with Gasteiger partial charge in [0.05, 0.1) is 22.3 Å². The van der Waals surface area contributed by atoms with Crippen molar-refractivity contribution < 1.29 is 31.5 Å². The molecular weight excluding hydrogens is 507 g/mol. The number of amides is 2. The quantitative estimate of drug-likeness (QED) is 0.524. The Balaban J connectivity index is 1.41. The Morgan fingerprint density at radius 1 is 1.22 bits per heavy atom. The minimum Gasteiger partial charge on any atom is -0.375 e. The third-order valence-electron chi connectivity index (χ3n) is 6.60. The largest absolute Gasteiger partial charge is 0.408 e. The summed E-state index contributed by atoms with van der Waals surface area (Å²) in [6.45, 7) is 1.39. The molecule has 1 atom stereocenters. The summed E-state index contributed by atoms with van der Waals surface area (Å²) in [6, 6.07) is -0.209. The third kappa shape index (κ3) is 4.16. The molecule has 14 heteroatoms. The van der Waals surface area contributed by atoms with Crippen molar-refractivity contribution in [3.63, 3.8) is 0 Å². The van der Waals surface area contributed by atoms with Crippen LogP contribution in [-0.4, -0.2) is 68.2 Å². The summed E-state index contributed by atoms with van der Waals surface area (Å²) in [5.74, 6) is -3.33. The molecule has 0 saturated carbocycles. The van der Waals surface area contributed by atoms with E-state index in [1.807, 2.05) is 0 Å². The number of likely N-dealkylation sites (tertiary alicyclic amines) is 2. The number of anilines is 1. The van der Waals surface area contributed by atoms with Crippen molar-refractivity contribution in [2.75, 3.05) is 25.4 Å². The predicted molar refractivity (Wildman–Crippen MR) is 120 cm³/mol. The van der Waals surface area contributed by atoms with Crippen molar-refractivity contribution in [2.45, 2.75) is 44.4 Å². The number of aromatic nitrogens is 3. The fourth-order valence-electron chi connectivity index (χ4n) is 4.86. The zero-order valence-corrected chi connectivity index (χ0v) is 19.8. The summed E-state index contributed by atoms with van der Waals surface area (Å²) in [5.41, 5.74) is 6.35. The van der Waals surface area contributed by atoms with Gasteiger partial charge in [0.2, 0.25) is 5.91 Å². The Morgan fingerprint density at radius 2 is 1.94 bits per heavy atom. The van der Waals surface area contributed by atoms with Gasteiger partial charge in [-0.05, 0) is 19.8 Å². The van der Waals surface area contributed by atoms with Gasteiger partial charge in [-0.2, -0.15) is 18.3 Å². The predicted octanol–water partition coefficient (Wildman–Crippen LogP) is 3.45. The lowest BCUT2D eigenvalue weighted by atomic mass is 9.93. The van der Waals surface area contributed by atoms with E-state index in [4.69, 9.17) is 5.73 Å². The number of nitrogens with two attached hydrogens (primary N) is 1. The average Bonchev–Trinajstić information content (AvgIpc) is 3.44. The van der Waals surface area contributed by atoms with E-state index in [1.165, 1.54) is 4.90 Å². The number of halogens is 5. The van der Waals surface area contributed by atoms with Crippen LogP contribution in [0.3, 0.4) is 0 Å². The minimum atomic E-state index is -4.56. The molecule has 0 spiro atoms. The molecule has 2 saturated heterocycles. The zero-order valence-electron chi connectivity index (χ0n) is 19.0. The lowest BCUT2D eigenvalue weighted by Gasteiger charge is -2.38. The maximum absolute atomic E-state index is 14.8. The number of carbonyl (C=O) groups excluding carboxylic acids is 2. The highest BCUT2D eigenvalue weighted by molar-refractivity contribution is 7.17. The number of alkyl halides is 3. The van der Waals surface area contributed by atoms with Crippen molar-refractivity contribution >= 4 is 39.2 Å². The van der Waals surface area contributed by atoms with Gasteiger partial charge >= 0.3 is 6.18 Å². The molecule has 0 unspecified atom stereocenters. The van der Waals surface area contributed by atoms with Crippen LogP contribution >= 0.6 is 11.3 Å². The fourth-order valence-corrected chi connectivity index (χ4v) is 5.66. The lowest BCUT2D eigenvalue weighted by Crippen LogP contribution is -2.48. The molecular formula is C22H21F5N6O2S. The van der Waals surface area contributed by atoms with Gasteiger partial charge in [-0.1, -0.05) is 11.3 Å². The molecule has 8 nitrogen and oxygen atoms in total. The highest BCUT2D eigenvalue weighted by atomic mass is 32.1. The Kier molecular flexibility index (Phi) is 5.88. The van der Waals surface area contributed by atoms with E-state index in [0.29, 0.717) is 16.6 Å². The van der Waals surface area contributed by atoms with Crippen LogP contribution < -0.4 is 5.73 Å². The maximum atomic E-state index is 14.8. The highest BCUT2D eigenvalue weighted by Crippen LogP contribution is 2.36. The van der Waals surface area contributed by atoms with Gasteiger partial charge < -0.3 is 15.5 Å². The third-order valence-corrected chi connectivity index (χ3v) is 7.57. The van der Waals surface area contributed by atoms with E-state index in [9.17, 15) is 31.5 Å². The molecule has 2 fully saturated rings. The Morgan fingerprint density at radius 3 is 2.58 bits per heavy atom. The van der Waals surface area contributed by atoms with E-state index >= 15 is 0 Å². The molecule has 2 amide bonds. The van der Waals surface area contributed by atoms with Gasteiger partial charge in [0, 0.05) is 37.7 Å². The van der Waals surface area contributed by atoms with Crippen molar-refractivity contribution in [2.24, 2.45) is 0 Å². The lowest BCUT2D eigenvalue weighted by molar-refractivity contribution is -0.183. The second-order valence-corrected chi connectivity index (χ2v) is 10.0. The molecule has 2 aliphatic rings. The van der Waals surface area contributed by atoms with Crippen LogP contribution in [0, 0.1) is 18.6 Å². The fraction of sp³-hybridized carbons (Fsp3) is 0.455. The molecule has 0 aliphatic carbocycles. The van der Waals surface area contributed by atoms with Gasteiger partial charge in [0.25, 0.3) is 5.91 Å². The van der Waals surface area contributed by atoms with Gasteiger partial charge in [0.15, 0.2) is 5.13 Å². The van der Waals surface area contributed by atoms with Gasteiger partial charge in [-0.25, -0.2) is 13.8 Å². The van der Waals surface area contributed by atoms with Gasteiger partial charge in [-0.3, -0.25) is 14.3 Å². The maximum Gasteiger partial charge on any atom is 0.408 e. The first kappa shape index (κ1) is 24.4. The van der Waals surface area contributed by atoms with Crippen LogP contribution in [0.5, 0.6) is 0 Å².